The standard InChI is InChI=1S/C13H28O2/c1-3-5-6-7-8-10-13(9-4-2)15-12-11-14/h13-14H,3-12H2,1-2H3. The van der Waals surface area contributed by atoms with Crippen LogP contribution in [0.4, 0.5) is 0 Å². The monoisotopic (exact) mass is 216 g/mol. The van der Waals surface area contributed by atoms with Crippen molar-refractivity contribution < 1.29 is 9.84 Å². The first-order chi connectivity index (χ1) is 7.35. The number of hydrogen-bond donors (Lipinski definition) is 1. The number of aliphatic hydroxyl groups is 1. The van der Waals surface area contributed by atoms with Gasteiger partial charge in [-0.1, -0.05) is 52.4 Å². The number of rotatable bonds is 11. The highest BCUT2D eigenvalue weighted by atomic mass is 16.5. The zero-order chi connectivity index (χ0) is 11.4. The second-order valence-corrected chi connectivity index (χ2v) is 4.21. The van der Waals surface area contributed by atoms with Gasteiger partial charge in [0.05, 0.1) is 19.3 Å². The number of aliphatic hydroxyl groups excluding tert-OH is 1. The maximum atomic E-state index is 8.70. The first-order valence-electron chi connectivity index (χ1n) is 6.57. The second-order valence-electron chi connectivity index (χ2n) is 4.21. The Balaban J connectivity index is 3.38. The summed E-state index contributed by atoms with van der Waals surface area (Å²) in [5.74, 6) is 0. The molecular weight excluding hydrogens is 188 g/mol. The average molecular weight is 216 g/mol. The molecule has 0 saturated carbocycles. The van der Waals surface area contributed by atoms with E-state index < -0.39 is 0 Å². The molecule has 1 N–H and O–H groups in total. The highest BCUT2D eigenvalue weighted by Crippen LogP contribution is 2.13. The molecule has 2 nitrogen and oxygen atoms in total. The molecule has 0 bridgehead atoms. The maximum Gasteiger partial charge on any atom is 0.0701 e. The van der Waals surface area contributed by atoms with Gasteiger partial charge in [-0.25, -0.2) is 0 Å². The summed E-state index contributed by atoms with van der Waals surface area (Å²) in [5.41, 5.74) is 0. The third kappa shape index (κ3) is 10.2. The van der Waals surface area contributed by atoms with Gasteiger partial charge in [0.25, 0.3) is 0 Å². The third-order valence-corrected chi connectivity index (χ3v) is 2.69. The van der Waals surface area contributed by atoms with Gasteiger partial charge < -0.3 is 9.84 Å². The van der Waals surface area contributed by atoms with Crippen molar-refractivity contribution in [2.24, 2.45) is 0 Å². The second kappa shape index (κ2) is 12.0. The SMILES string of the molecule is CCCCCCCC(CCC)OCCO. The Morgan fingerprint density at radius 3 is 2.27 bits per heavy atom. The first kappa shape index (κ1) is 14.9. The Bertz CT molecular complexity index is 115. The average Bonchev–Trinajstić information content (AvgIpc) is 2.25. The predicted molar refractivity (Wildman–Crippen MR) is 65.1 cm³/mol. The summed E-state index contributed by atoms with van der Waals surface area (Å²) in [7, 11) is 0. The first-order valence-corrected chi connectivity index (χ1v) is 6.57. The number of hydrogen-bond acceptors (Lipinski definition) is 2. The van der Waals surface area contributed by atoms with E-state index in [1.807, 2.05) is 0 Å². The van der Waals surface area contributed by atoms with Crippen LogP contribution in [-0.4, -0.2) is 24.4 Å². The highest BCUT2D eigenvalue weighted by molar-refractivity contribution is 4.58. The lowest BCUT2D eigenvalue weighted by Gasteiger charge is -2.16. The van der Waals surface area contributed by atoms with E-state index in [1.54, 1.807) is 0 Å². The van der Waals surface area contributed by atoms with Crippen LogP contribution in [0.5, 0.6) is 0 Å². The van der Waals surface area contributed by atoms with Crippen molar-refractivity contribution in [3.05, 3.63) is 0 Å². The van der Waals surface area contributed by atoms with E-state index in [9.17, 15) is 0 Å². The van der Waals surface area contributed by atoms with Crippen molar-refractivity contribution in [3.63, 3.8) is 0 Å². The fraction of sp³-hybridized carbons (Fsp3) is 1.00. The lowest BCUT2D eigenvalue weighted by molar-refractivity contribution is 0.0177. The lowest BCUT2D eigenvalue weighted by Crippen LogP contribution is -2.15. The van der Waals surface area contributed by atoms with Crippen molar-refractivity contribution in [2.75, 3.05) is 13.2 Å². The quantitative estimate of drug-likeness (QED) is 0.535. The molecule has 0 aromatic carbocycles. The summed E-state index contributed by atoms with van der Waals surface area (Å²) in [6, 6.07) is 0. The van der Waals surface area contributed by atoms with Crippen LogP contribution in [0.3, 0.4) is 0 Å². The lowest BCUT2D eigenvalue weighted by atomic mass is 10.1. The Morgan fingerprint density at radius 1 is 0.933 bits per heavy atom. The summed E-state index contributed by atoms with van der Waals surface area (Å²) in [5, 5.41) is 8.70. The summed E-state index contributed by atoms with van der Waals surface area (Å²) in [6.45, 7) is 5.08. The van der Waals surface area contributed by atoms with Crippen molar-refractivity contribution in [2.45, 2.75) is 71.3 Å². The van der Waals surface area contributed by atoms with E-state index in [1.165, 1.54) is 38.5 Å². The van der Waals surface area contributed by atoms with Crippen molar-refractivity contribution in [1.29, 1.82) is 0 Å². The van der Waals surface area contributed by atoms with Gasteiger partial charge in [-0.2, -0.15) is 0 Å². The fourth-order valence-corrected chi connectivity index (χ4v) is 1.83. The molecule has 0 aromatic rings. The molecule has 0 saturated heterocycles. The molecule has 0 aliphatic rings. The molecule has 2 heteroatoms. The molecule has 0 fully saturated rings. The predicted octanol–water partition coefficient (Wildman–Crippen LogP) is 3.52. The van der Waals surface area contributed by atoms with Crippen molar-refractivity contribution in [1.82, 2.24) is 0 Å². The van der Waals surface area contributed by atoms with E-state index in [-0.39, 0.29) is 6.61 Å². The van der Waals surface area contributed by atoms with E-state index >= 15 is 0 Å². The molecule has 0 aliphatic heterocycles. The molecule has 0 amide bonds. The molecule has 0 aromatic heterocycles. The van der Waals surface area contributed by atoms with Crippen LogP contribution in [-0.2, 0) is 4.74 Å². The summed E-state index contributed by atoms with van der Waals surface area (Å²) in [6.07, 6.45) is 10.5. The largest absolute Gasteiger partial charge is 0.394 e. The molecule has 0 heterocycles. The van der Waals surface area contributed by atoms with Crippen molar-refractivity contribution in [3.8, 4) is 0 Å². The highest BCUT2D eigenvalue weighted by Gasteiger charge is 2.06. The molecule has 1 atom stereocenters. The van der Waals surface area contributed by atoms with E-state index in [2.05, 4.69) is 13.8 Å². The Labute approximate surface area is 95.0 Å². The van der Waals surface area contributed by atoms with Crippen LogP contribution in [0, 0.1) is 0 Å². The van der Waals surface area contributed by atoms with Gasteiger partial charge in [0.2, 0.25) is 0 Å². The zero-order valence-electron chi connectivity index (χ0n) is 10.5. The summed E-state index contributed by atoms with van der Waals surface area (Å²) in [4.78, 5) is 0. The molecule has 0 radical (unpaired) electrons. The Morgan fingerprint density at radius 2 is 1.67 bits per heavy atom. The topological polar surface area (TPSA) is 29.5 Å². The summed E-state index contributed by atoms with van der Waals surface area (Å²) >= 11 is 0. The van der Waals surface area contributed by atoms with Gasteiger partial charge in [0.15, 0.2) is 0 Å². The molecule has 0 spiro atoms. The molecule has 92 valence electrons. The van der Waals surface area contributed by atoms with Crippen LogP contribution in [0.15, 0.2) is 0 Å². The van der Waals surface area contributed by atoms with E-state index in [4.69, 9.17) is 9.84 Å². The third-order valence-electron chi connectivity index (χ3n) is 2.69. The van der Waals surface area contributed by atoms with Crippen LogP contribution < -0.4 is 0 Å². The minimum absolute atomic E-state index is 0.149. The van der Waals surface area contributed by atoms with E-state index in [0.29, 0.717) is 12.7 Å². The minimum atomic E-state index is 0.149. The minimum Gasteiger partial charge on any atom is -0.394 e. The smallest absolute Gasteiger partial charge is 0.0701 e. The summed E-state index contributed by atoms with van der Waals surface area (Å²) < 4.78 is 5.59. The van der Waals surface area contributed by atoms with Crippen LogP contribution in [0.2, 0.25) is 0 Å². The molecule has 0 aliphatic carbocycles. The van der Waals surface area contributed by atoms with Gasteiger partial charge in [-0.15, -0.1) is 0 Å². The van der Waals surface area contributed by atoms with Gasteiger partial charge in [-0.3, -0.25) is 0 Å². The number of unbranched alkanes of at least 4 members (excludes halogenated alkanes) is 4. The van der Waals surface area contributed by atoms with Crippen molar-refractivity contribution >= 4 is 0 Å². The van der Waals surface area contributed by atoms with Crippen LogP contribution >= 0.6 is 0 Å². The van der Waals surface area contributed by atoms with Gasteiger partial charge in [-0.05, 0) is 12.8 Å². The Kier molecular flexibility index (Phi) is 11.9. The van der Waals surface area contributed by atoms with Crippen LogP contribution in [0.1, 0.15) is 65.2 Å². The van der Waals surface area contributed by atoms with E-state index in [0.717, 1.165) is 12.8 Å². The maximum absolute atomic E-state index is 8.70. The van der Waals surface area contributed by atoms with Gasteiger partial charge >= 0.3 is 0 Å². The van der Waals surface area contributed by atoms with Gasteiger partial charge in [0, 0.05) is 0 Å². The molecular formula is C13H28O2. The molecule has 0 rings (SSSR count). The number of ether oxygens (including phenoxy) is 1. The van der Waals surface area contributed by atoms with Crippen LogP contribution in [0.25, 0.3) is 0 Å². The Hall–Kier alpha value is -0.0800. The van der Waals surface area contributed by atoms with Gasteiger partial charge in [0.1, 0.15) is 0 Å². The fourth-order valence-electron chi connectivity index (χ4n) is 1.83. The molecule has 1 unspecified atom stereocenters. The zero-order valence-corrected chi connectivity index (χ0v) is 10.5. The normalized spacial score (nSPS) is 13.0. The molecule has 15 heavy (non-hydrogen) atoms.